The minimum Gasteiger partial charge on any atom is -0.469 e. The molecule has 24 heavy (non-hydrogen) atoms. The van der Waals surface area contributed by atoms with E-state index < -0.39 is 43.6 Å². The Kier molecular flexibility index (Phi) is 5.46. The number of alkyl halides is 3. The molecule has 0 amide bonds. The number of piperidine rings is 1. The zero-order valence-electron chi connectivity index (χ0n) is 12.6. The summed E-state index contributed by atoms with van der Waals surface area (Å²) in [4.78, 5) is 11.0. The van der Waals surface area contributed by atoms with Crippen molar-refractivity contribution < 1.29 is 31.1 Å². The van der Waals surface area contributed by atoms with Gasteiger partial charge in [0.2, 0.25) is 10.0 Å². The van der Waals surface area contributed by atoms with Crippen LogP contribution in [0.5, 0.6) is 0 Å². The van der Waals surface area contributed by atoms with Gasteiger partial charge >= 0.3 is 12.1 Å². The fraction of sp³-hybridized carbons (Fsp3) is 0.500. The summed E-state index contributed by atoms with van der Waals surface area (Å²) in [5, 5.41) is -0.564. The maximum Gasteiger partial charge on any atom is 0.417 e. The van der Waals surface area contributed by atoms with E-state index >= 15 is 0 Å². The molecule has 0 radical (unpaired) electrons. The van der Waals surface area contributed by atoms with Crippen LogP contribution in [-0.4, -0.2) is 38.9 Å². The first-order chi connectivity index (χ1) is 11.1. The Morgan fingerprint density at radius 2 is 1.88 bits per heavy atom. The van der Waals surface area contributed by atoms with Gasteiger partial charge in [-0.3, -0.25) is 4.79 Å². The highest BCUT2D eigenvalue weighted by Crippen LogP contribution is 2.36. The highest BCUT2D eigenvalue weighted by molar-refractivity contribution is 7.89. The molecule has 1 aliphatic heterocycles. The molecule has 0 bridgehead atoms. The zero-order valence-corrected chi connectivity index (χ0v) is 14.2. The second-order valence-corrected chi connectivity index (χ2v) is 7.69. The van der Waals surface area contributed by atoms with Crippen molar-refractivity contribution in [1.82, 2.24) is 4.31 Å². The average Bonchev–Trinajstić information content (AvgIpc) is 2.53. The molecule has 1 aromatic rings. The van der Waals surface area contributed by atoms with Crippen LogP contribution in [0, 0.1) is 5.92 Å². The first kappa shape index (κ1) is 19.0. The highest BCUT2D eigenvalue weighted by atomic mass is 35.5. The van der Waals surface area contributed by atoms with E-state index in [1.807, 2.05) is 0 Å². The van der Waals surface area contributed by atoms with Crippen molar-refractivity contribution in [2.24, 2.45) is 5.92 Å². The third kappa shape index (κ3) is 3.84. The number of methoxy groups -OCH3 is 1. The van der Waals surface area contributed by atoms with Crippen LogP contribution < -0.4 is 0 Å². The molecule has 0 aromatic heterocycles. The van der Waals surface area contributed by atoms with E-state index in [1.165, 1.54) is 7.11 Å². The number of rotatable bonds is 3. The second-order valence-electron chi connectivity index (χ2n) is 5.34. The van der Waals surface area contributed by atoms with Crippen LogP contribution in [0.25, 0.3) is 0 Å². The maximum absolute atomic E-state index is 12.9. The average molecular weight is 386 g/mol. The number of sulfonamides is 1. The van der Waals surface area contributed by atoms with Gasteiger partial charge in [-0.15, -0.1) is 0 Å². The molecule has 1 saturated heterocycles. The highest BCUT2D eigenvalue weighted by Gasteiger charge is 2.37. The van der Waals surface area contributed by atoms with Crippen LogP contribution in [0.1, 0.15) is 18.4 Å². The van der Waals surface area contributed by atoms with Gasteiger partial charge in [0, 0.05) is 13.1 Å². The quantitative estimate of drug-likeness (QED) is 0.750. The summed E-state index contributed by atoms with van der Waals surface area (Å²) in [7, 11) is -2.85. The standard InChI is InChI=1S/C14H15ClF3NO4S/c1-23-13(20)9-4-6-19(7-5-9)24(21,22)10-2-3-12(15)11(8-10)14(16,17)18/h2-3,8-9H,4-7H2,1H3. The number of ether oxygens (including phenoxy) is 1. The smallest absolute Gasteiger partial charge is 0.417 e. The summed E-state index contributed by atoms with van der Waals surface area (Å²) < 4.78 is 69.4. The number of hydrogen-bond acceptors (Lipinski definition) is 4. The van der Waals surface area contributed by atoms with Gasteiger partial charge in [-0.05, 0) is 31.0 Å². The molecule has 0 saturated carbocycles. The van der Waals surface area contributed by atoms with Gasteiger partial charge in [-0.2, -0.15) is 17.5 Å². The van der Waals surface area contributed by atoms with Crippen molar-refractivity contribution in [1.29, 1.82) is 0 Å². The number of halogens is 4. The third-order valence-electron chi connectivity index (χ3n) is 3.87. The topological polar surface area (TPSA) is 63.7 Å². The predicted octanol–water partition coefficient (Wildman–Crippen LogP) is 2.93. The van der Waals surface area contributed by atoms with Gasteiger partial charge in [0.1, 0.15) is 0 Å². The first-order valence-corrected chi connectivity index (χ1v) is 8.84. The number of benzene rings is 1. The fourth-order valence-corrected chi connectivity index (χ4v) is 4.25. The van der Waals surface area contributed by atoms with E-state index in [2.05, 4.69) is 4.74 Å². The molecule has 1 heterocycles. The molecule has 5 nitrogen and oxygen atoms in total. The molecule has 0 N–H and O–H groups in total. The number of esters is 1. The number of carbonyl (C=O) groups excluding carboxylic acids is 1. The van der Waals surface area contributed by atoms with E-state index in [0.717, 1.165) is 16.4 Å². The largest absolute Gasteiger partial charge is 0.469 e. The lowest BCUT2D eigenvalue weighted by Crippen LogP contribution is -2.40. The number of carbonyl (C=O) groups is 1. The second kappa shape index (κ2) is 6.89. The molecule has 0 aliphatic carbocycles. The van der Waals surface area contributed by atoms with Gasteiger partial charge in [0.15, 0.2) is 0 Å². The molecule has 10 heteroatoms. The van der Waals surface area contributed by atoms with Crippen molar-refractivity contribution in [3.8, 4) is 0 Å². The Morgan fingerprint density at radius 3 is 2.38 bits per heavy atom. The van der Waals surface area contributed by atoms with Crippen molar-refractivity contribution in [3.63, 3.8) is 0 Å². The molecule has 1 aliphatic rings. The van der Waals surface area contributed by atoms with E-state index in [4.69, 9.17) is 11.6 Å². The van der Waals surface area contributed by atoms with Crippen molar-refractivity contribution in [2.75, 3.05) is 20.2 Å². The maximum atomic E-state index is 12.9. The molecule has 0 atom stereocenters. The summed E-state index contributed by atoms with van der Waals surface area (Å²) in [6.45, 7) is 0.0676. The SMILES string of the molecule is COC(=O)C1CCN(S(=O)(=O)c2ccc(Cl)c(C(F)(F)F)c2)CC1. The predicted molar refractivity (Wildman–Crippen MR) is 80.0 cm³/mol. The zero-order chi connectivity index (χ0) is 18.1. The van der Waals surface area contributed by atoms with Crippen molar-refractivity contribution in [2.45, 2.75) is 23.9 Å². The summed E-state index contributed by atoms with van der Waals surface area (Å²) in [6.07, 6.45) is -4.24. The summed E-state index contributed by atoms with van der Waals surface area (Å²) in [6, 6.07) is 2.49. The first-order valence-electron chi connectivity index (χ1n) is 7.02. The summed E-state index contributed by atoms with van der Waals surface area (Å²) >= 11 is 5.51. The summed E-state index contributed by atoms with van der Waals surface area (Å²) in [5.74, 6) is -0.824. The Hall–Kier alpha value is -1.32. The van der Waals surface area contributed by atoms with Gasteiger partial charge < -0.3 is 4.74 Å². The van der Waals surface area contributed by atoms with Crippen molar-refractivity contribution in [3.05, 3.63) is 28.8 Å². The molecule has 134 valence electrons. The number of hydrogen-bond donors (Lipinski definition) is 0. The Bertz CT molecular complexity index is 728. The molecule has 1 aromatic carbocycles. The Morgan fingerprint density at radius 1 is 1.29 bits per heavy atom. The van der Waals surface area contributed by atoms with Crippen LogP contribution in [0.2, 0.25) is 5.02 Å². The third-order valence-corrected chi connectivity index (χ3v) is 6.09. The lowest BCUT2D eigenvalue weighted by molar-refractivity contribution is -0.146. The van der Waals surface area contributed by atoms with Crippen LogP contribution in [-0.2, 0) is 25.7 Å². The van der Waals surface area contributed by atoms with Crippen molar-refractivity contribution >= 4 is 27.6 Å². The lowest BCUT2D eigenvalue weighted by atomic mass is 9.99. The molecule has 2 rings (SSSR count). The fourth-order valence-electron chi connectivity index (χ4n) is 2.53. The van der Waals surface area contributed by atoms with Gasteiger partial charge in [0.05, 0.1) is 28.5 Å². The lowest BCUT2D eigenvalue weighted by Gasteiger charge is -2.30. The van der Waals surface area contributed by atoms with E-state index in [0.29, 0.717) is 6.07 Å². The normalized spacial score (nSPS) is 17.7. The summed E-state index contributed by atoms with van der Waals surface area (Å²) in [5.41, 5.74) is -1.20. The molecule has 0 spiro atoms. The van der Waals surface area contributed by atoms with Crippen LogP contribution in [0.3, 0.4) is 0 Å². The van der Waals surface area contributed by atoms with E-state index in [1.54, 1.807) is 0 Å². The number of nitrogens with zero attached hydrogens (tertiary/aromatic N) is 1. The van der Waals surface area contributed by atoms with Crippen LogP contribution in [0.4, 0.5) is 13.2 Å². The molecule has 0 unspecified atom stereocenters. The van der Waals surface area contributed by atoms with Crippen LogP contribution >= 0.6 is 11.6 Å². The van der Waals surface area contributed by atoms with Gasteiger partial charge in [-0.1, -0.05) is 11.6 Å². The monoisotopic (exact) mass is 385 g/mol. The van der Waals surface area contributed by atoms with E-state index in [9.17, 15) is 26.4 Å². The Labute approximate surface area is 142 Å². The molecular formula is C14H15ClF3NO4S. The molecule has 1 fully saturated rings. The minimum atomic E-state index is -4.75. The van der Waals surface area contributed by atoms with Gasteiger partial charge in [-0.25, -0.2) is 8.42 Å². The van der Waals surface area contributed by atoms with Gasteiger partial charge in [0.25, 0.3) is 0 Å². The molecular weight excluding hydrogens is 371 g/mol. The Balaban J connectivity index is 2.25. The minimum absolute atomic E-state index is 0.0338. The van der Waals surface area contributed by atoms with E-state index in [-0.39, 0.29) is 25.9 Å². The van der Waals surface area contributed by atoms with Crippen LogP contribution in [0.15, 0.2) is 23.1 Å².